The van der Waals surface area contributed by atoms with Crippen LogP contribution in [0.2, 0.25) is 0 Å². The standard InChI is InChI=1S/C27H27N5O3/c1-19-7-12-24(20(2)17-19)28-26-23-5-3-4-6-25(23)31(27(26)33)18-29-13-15-30(16-14-29)21-8-10-22(11-9-21)32(34)35/h3-12,17H,13-16,18H2,1-2H3. The molecule has 5 rings (SSSR count). The zero-order valence-corrected chi connectivity index (χ0v) is 19.8. The van der Waals surface area contributed by atoms with Crippen LogP contribution < -0.4 is 9.80 Å². The number of para-hydroxylation sites is 1. The molecule has 2 aliphatic rings. The zero-order valence-electron chi connectivity index (χ0n) is 19.8. The number of anilines is 2. The third-order valence-corrected chi connectivity index (χ3v) is 6.62. The summed E-state index contributed by atoms with van der Waals surface area (Å²) in [6.45, 7) is 7.69. The van der Waals surface area contributed by atoms with E-state index in [2.05, 4.69) is 15.9 Å². The fourth-order valence-electron chi connectivity index (χ4n) is 4.69. The third kappa shape index (κ3) is 4.52. The molecular weight excluding hydrogens is 442 g/mol. The number of hydrogen-bond donors (Lipinski definition) is 0. The van der Waals surface area contributed by atoms with Crippen LogP contribution in [0.5, 0.6) is 0 Å². The number of carbonyl (C=O) groups is 1. The second kappa shape index (κ2) is 9.31. The van der Waals surface area contributed by atoms with Crippen LogP contribution in [0.15, 0.2) is 71.7 Å². The van der Waals surface area contributed by atoms with E-state index in [9.17, 15) is 14.9 Å². The highest BCUT2D eigenvalue weighted by molar-refractivity contribution is 6.54. The molecule has 0 bridgehead atoms. The Morgan fingerprint density at radius 2 is 1.66 bits per heavy atom. The van der Waals surface area contributed by atoms with Gasteiger partial charge in [-0.3, -0.25) is 24.7 Å². The molecule has 2 heterocycles. The van der Waals surface area contributed by atoms with Gasteiger partial charge in [-0.1, -0.05) is 35.9 Å². The van der Waals surface area contributed by atoms with Crippen LogP contribution in [-0.4, -0.2) is 54.3 Å². The lowest BCUT2D eigenvalue weighted by atomic mass is 10.1. The summed E-state index contributed by atoms with van der Waals surface area (Å²) >= 11 is 0. The van der Waals surface area contributed by atoms with Crippen LogP contribution in [-0.2, 0) is 4.79 Å². The van der Waals surface area contributed by atoms with Gasteiger partial charge in [0.15, 0.2) is 0 Å². The molecule has 0 spiro atoms. The van der Waals surface area contributed by atoms with Crippen LogP contribution >= 0.6 is 0 Å². The highest BCUT2D eigenvalue weighted by atomic mass is 16.6. The lowest BCUT2D eigenvalue weighted by molar-refractivity contribution is -0.384. The van der Waals surface area contributed by atoms with Crippen molar-refractivity contribution >= 4 is 34.4 Å². The molecule has 0 radical (unpaired) electrons. The second-order valence-electron chi connectivity index (χ2n) is 9.02. The van der Waals surface area contributed by atoms with Crippen LogP contribution in [0, 0.1) is 24.0 Å². The third-order valence-electron chi connectivity index (χ3n) is 6.62. The number of piperazine rings is 1. The average molecular weight is 470 g/mol. The Labute approximate surface area is 204 Å². The van der Waals surface area contributed by atoms with E-state index in [-0.39, 0.29) is 16.5 Å². The molecule has 1 fully saturated rings. The quantitative estimate of drug-likeness (QED) is 0.407. The van der Waals surface area contributed by atoms with E-state index >= 15 is 0 Å². The van der Waals surface area contributed by atoms with Gasteiger partial charge in [0, 0.05) is 49.6 Å². The van der Waals surface area contributed by atoms with E-state index < -0.39 is 0 Å². The first-order valence-corrected chi connectivity index (χ1v) is 11.7. The Morgan fingerprint density at radius 1 is 0.943 bits per heavy atom. The summed E-state index contributed by atoms with van der Waals surface area (Å²) in [6.07, 6.45) is 0. The number of aryl methyl sites for hydroxylation is 2. The van der Waals surface area contributed by atoms with Crippen molar-refractivity contribution in [3.63, 3.8) is 0 Å². The highest BCUT2D eigenvalue weighted by Crippen LogP contribution is 2.32. The molecule has 0 unspecified atom stereocenters. The summed E-state index contributed by atoms with van der Waals surface area (Å²) in [4.78, 5) is 35.1. The number of rotatable bonds is 5. The molecule has 2 aliphatic heterocycles. The number of aliphatic imine (C=N–C) groups is 1. The minimum Gasteiger partial charge on any atom is -0.369 e. The molecule has 0 aromatic heterocycles. The van der Waals surface area contributed by atoms with E-state index in [1.807, 2.05) is 55.1 Å². The maximum absolute atomic E-state index is 13.5. The molecule has 35 heavy (non-hydrogen) atoms. The lowest BCUT2D eigenvalue weighted by Crippen LogP contribution is -2.51. The number of amides is 1. The Bertz CT molecular complexity index is 1310. The van der Waals surface area contributed by atoms with E-state index in [1.165, 1.54) is 17.7 Å². The second-order valence-corrected chi connectivity index (χ2v) is 9.02. The first kappa shape index (κ1) is 22.7. The molecule has 0 saturated carbocycles. The topological polar surface area (TPSA) is 82.3 Å². The van der Waals surface area contributed by atoms with E-state index in [0.29, 0.717) is 12.4 Å². The van der Waals surface area contributed by atoms with Gasteiger partial charge in [-0.2, -0.15) is 0 Å². The number of nitrogens with zero attached hydrogens (tertiary/aromatic N) is 5. The Morgan fingerprint density at radius 3 is 2.34 bits per heavy atom. The molecule has 1 amide bonds. The van der Waals surface area contributed by atoms with Crippen LogP contribution in [0.1, 0.15) is 16.7 Å². The largest absolute Gasteiger partial charge is 0.369 e. The molecular formula is C27H27N5O3. The van der Waals surface area contributed by atoms with Crippen LogP contribution in [0.4, 0.5) is 22.7 Å². The van der Waals surface area contributed by atoms with E-state index in [4.69, 9.17) is 4.99 Å². The predicted molar refractivity (Wildman–Crippen MR) is 138 cm³/mol. The number of non-ortho nitro benzene ring substituents is 1. The average Bonchev–Trinajstić information content (AvgIpc) is 3.12. The van der Waals surface area contributed by atoms with Crippen molar-refractivity contribution in [2.75, 3.05) is 42.6 Å². The number of hydrogen-bond acceptors (Lipinski definition) is 6. The SMILES string of the molecule is Cc1ccc(N=C2C(=O)N(CN3CCN(c4ccc([N+](=O)[O-])cc4)CC3)c3ccccc32)c(C)c1. The molecule has 1 saturated heterocycles. The van der Waals surface area contributed by atoms with Gasteiger partial charge in [-0.25, -0.2) is 4.99 Å². The van der Waals surface area contributed by atoms with Gasteiger partial charge < -0.3 is 4.90 Å². The highest BCUT2D eigenvalue weighted by Gasteiger charge is 2.35. The fourth-order valence-corrected chi connectivity index (χ4v) is 4.69. The van der Waals surface area contributed by atoms with Crippen molar-refractivity contribution in [1.82, 2.24) is 4.90 Å². The van der Waals surface area contributed by atoms with Crippen molar-refractivity contribution < 1.29 is 9.72 Å². The Kier molecular flexibility index (Phi) is 6.05. The number of nitro benzene ring substituents is 1. The Hall–Kier alpha value is -4.04. The monoisotopic (exact) mass is 469 g/mol. The maximum atomic E-state index is 13.5. The summed E-state index contributed by atoms with van der Waals surface area (Å²) in [5, 5.41) is 10.9. The number of benzene rings is 3. The van der Waals surface area contributed by atoms with Crippen molar-refractivity contribution in [1.29, 1.82) is 0 Å². The van der Waals surface area contributed by atoms with Gasteiger partial charge >= 0.3 is 0 Å². The van der Waals surface area contributed by atoms with Crippen molar-refractivity contribution in [2.45, 2.75) is 13.8 Å². The molecule has 3 aromatic carbocycles. The molecule has 0 N–H and O–H groups in total. The van der Waals surface area contributed by atoms with Gasteiger partial charge in [0.05, 0.1) is 23.0 Å². The fraction of sp³-hybridized carbons (Fsp3) is 0.259. The normalized spacial score (nSPS) is 17.2. The van der Waals surface area contributed by atoms with Gasteiger partial charge in [-0.15, -0.1) is 0 Å². The molecule has 0 aliphatic carbocycles. The van der Waals surface area contributed by atoms with Gasteiger partial charge in [-0.05, 0) is 43.7 Å². The molecule has 8 heteroatoms. The minimum atomic E-state index is -0.385. The molecule has 0 atom stereocenters. The predicted octanol–water partition coefficient (Wildman–Crippen LogP) is 4.46. The van der Waals surface area contributed by atoms with Gasteiger partial charge in [0.25, 0.3) is 11.6 Å². The smallest absolute Gasteiger partial charge is 0.278 e. The number of nitro groups is 1. The van der Waals surface area contributed by atoms with Gasteiger partial charge in [0.1, 0.15) is 5.71 Å². The summed E-state index contributed by atoms with van der Waals surface area (Å²) in [5.41, 5.74) is 6.32. The van der Waals surface area contributed by atoms with Crippen LogP contribution in [0.25, 0.3) is 0 Å². The van der Waals surface area contributed by atoms with Crippen molar-refractivity contribution in [3.05, 3.63) is 93.5 Å². The molecule has 3 aromatic rings. The Balaban J connectivity index is 1.31. The van der Waals surface area contributed by atoms with Crippen molar-refractivity contribution in [2.24, 2.45) is 4.99 Å². The van der Waals surface area contributed by atoms with E-state index in [1.54, 1.807) is 12.1 Å². The number of carbonyl (C=O) groups excluding carboxylic acids is 1. The van der Waals surface area contributed by atoms with E-state index in [0.717, 1.165) is 54.4 Å². The maximum Gasteiger partial charge on any atom is 0.278 e. The summed E-state index contributed by atoms with van der Waals surface area (Å²) < 4.78 is 0. The van der Waals surface area contributed by atoms with Crippen LogP contribution in [0.3, 0.4) is 0 Å². The first-order chi connectivity index (χ1) is 16.9. The summed E-state index contributed by atoms with van der Waals surface area (Å²) in [5.74, 6) is -0.0797. The molecule has 8 nitrogen and oxygen atoms in total. The summed E-state index contributed by atoms with van der Waals surface area (Å²) in [7, 11) is 0. The lowest BCUT2D eigenvalue weighted by Gasteiger charge is -2.37. The molecule has 178 valence electrons. The minimum absolute atomic E-state index is 0.0797. The van der Waals surface area contributed by atoms with Crippen molar-refractivity contribution in [3.8, 4) is 0 Å². The zero-order chi connectivity index (χ0) is 24.5. The number of fused-ring (bicyclic) bond motifs is 1. The van der Waals surface area contributed by atoms with Gasteiger partial charge in [0.2, 0.25) is 0 Å². The summed E-state index contributed by atoms with van der Waals surface area (Å²) in [6, 6.07) is 20.6. The first-order valence-electron chi connectivity index (χ1n) is 11.7.